The minimum atomic E-state index is -1.60. The lowest BCUT2D eigenvalue weighted by Crippen LogP contribution is -2.36. The number of carbonyl (C=O) groups is 1. The van der Waals surface area contributed by atoms with E-state index in [1.54, 1.807) is 12.1 Å². The van der Waals surface area contributed by atoms with Crippen molar-refractivity contribution < 1.29 is 23.1 Å². The molecule has 4 nitrogen and oxygen atoms in total. The second-order valence-electron chi connectivity index (χ2n) is 5.30. The van der Waals surface area contributed by atoms with Crippen molar-refractivity contribution in [3.8, 4) is 0 Å². The molecule has 3 N–H and O–H groups in total. The van der Waals surface area contributed by atoms with Crippen LogP contribution in [-0.2, 0) is 6.42 Å². The molecular weight excluding hydrogens is 309 g/mol. The number of anilines is 1. The second kappa shape index (κ2) is 5.92. The Balaban J connectivity index is 1.73. The fourth-order valence-corrected chi connectivity index (χ4v) is 2.68. The zero-order valence-electron chi connectivity index (χ0n) is 11.8. The van der Waals surface area contributed by atoms with Crippen molar-refractivity contribution in [3.05, 3.63) is 65.0 Å². The Morgan fingerprint density at radius 3 is 2.48 bits per heavy atom. The highest BCUT2D eigenvalue weighted by atomic mass is 19.2. The summed E-state index contributed by atoms with van der Waals surface area (Å²) in [6.45, 7) is 0. The molecule has 2 aromatic carbocycles. The Morgan fingerprint density at radius 1 is 1.13 bits per heavy atom. The van der Waals surface area contributed by atoms with Crippen molar-refractivity contribution in [2.45, 2.75) is 18.6 Å². The molecule has 3 rings (SSSR count). The maximum absolute atomic E-state index is 13.1. The summed E-state index contributed by atoms with van der Waals surface area (Å²) in [6, 6.07) is 7.23. The number of rotatable bonds is 2. The van der Waals surface area contributed by atoms with Gasteiger partial charge in [-0.25, -0.2) is 18.0 Å². The molecule has 0 fully saturated rings. The number of carbonyl (C=O) groups excluding carboxylic acids is 1. The maximum Gasteiger partial charge on any atom is 0.319 e. The quantitative estimate of drug-likeness (QED) is 0.745. The first kappa shape index (κ1) is 15.4. The number of fused-ring (bicyclic) bond motifs is 1. The number of aliphatic hydroxyl groups excluding tert-OH is 1. The van der Waals surface area contributed by atoms with Crippen molar-refractivity contribution in [2.24, 2.45) is 0 Å². The first-order valence-electron chi connectivity index (χ1n) is 6.93. The number of urea groups is 1. The van der Waals surface area contributed by atoms with Crippen LogP contribution in [0.4, 0.5) is 23.7 Å². The van der Waals surface area contributed by atoms with Crippen LogP contribution in [-0.4, -0.2) is 17.2 Å². The van der Waals surface area contributed by atoms with Gasteiger partial charge in [0.1, 0.15) is 0 Å². The highest BCUT2D eigenvalue weighted by Crippen LogP contribution is 2.31. The number of hydrogen-bond acceptors (Lipinski definition) is 2. The van der Waals surface area contributed by atoms with E-state index in [9.17, 15) is 23.1 Å². The standard InChI is InChI=1S/C16H13F3N2O2/c17-11-6-9(7-12(18)14(11)19)20-16(23)21-15-10-4-2-1-3-8(10)5-13(15)22/h1-4,6-7,13,15,22H,5H2,(H2,20,21,23)/t13-,15+/m1/s1. The first-order valence-corrected chi connectivity index (χ1v) is 6.93. The Labute approximate surface area is 129 Å². The van der Waals surface area contributed by atoms with Gasteiger partial charge in [-0.05, 0) is 11.1 Å². The number of hydrogen-bond donors (Lipinski definition) is 3. The van der Waals surface area contributed by atoms with Crippen molar-refractivity contribution in [1.82, 2.24) is 5.32 Å². The minimum Gasteiger partial charge on any atom is -0.390 e. The van der Waals surface area contributed by atoms with Gasteiger partial charge < -0.3 is 15.7 Å². The zero-order valence-corrected chi connectivity index (χ0v) is 11.8. The molecule has 0 aromatic heterocycles. The fourth-order valence-electron chi connectivity index (χ4n) is 2.68. The average Bonchev–Trinajstić information content (AvgIpc) is 2.81. The number of benzene rings is 2. The molecule has 0 saturated carbocycles. The highest BCUT2D eigenvalue weighted by Gasteiger charge is 2.31. The third kappa shape index (κ3) is 3.00. The second-order valence-corrected chi connectivity index (χ2v) is 5.30. The molecule has 1 aliphatic rings. The van der Waals surface area contributed by atoms with Crippen LogP contribution in [0.15, 0.2) is 36.4 Å². The van der Waals surface area contributed by atoms with E-state index in [2.05, 4.69) is 10.6 Å². The Hall–Kier alpha value is -2.54. The van der Waals surface area contributed by atoms with E-state index in [4.69, 9.17) is 0 Å². The lowest BCUT2D eigenvalue weighted by Gasteiger charge is -2.18. The van der Waals surface area contributed by atoms with Gasteiger partial charge in [-0.15, -0.1) is 0 Å². The van der Waals surface area contributed by atoms with Gasteiger partial charge in [-0.3, -0.25) is 0 Å². The largest absolute Gasteiger partial charge is 0.390 e. The Bertz CT molecular complexity index is 744. The van der Waals surface area contributed by atoms with Crippen molar-refractivity contribution in [3.63, 3.8) is 0 Å². The topological polar surface area (TPSA) is 61.4 Å². The van der Waals surface area contributed by atoms with Gasteiger partial charge in [0, 0.05) is 24.2 Å². The Morgan fingerprint density at radius 2 is 1.78 bits per heavy atom. The van der Waals surface area contributed by atoms with E-state index in [1.165, 1.54) is 0 Å². The number of aliphatic hydroxyl groups is 1. The normalized spacial score (nSPS) is 19.3. The molecule has 1 aliphatic carbocycles. The van der Waals surface area contributed by atoms with Gasteiger partial charge >= 0.3 is 6.03 Å². The highest BCUT2D eigenvalue weighted by molar-refractivity contribution is 5.89. The van der Waals surface area contributed by atoms with Crippen LogP contribution in [0.1, 0.15) is 17.2 Å². The smallest absolute Gasteiger partial charge is 0.319 e. The SMILES string of the molecule is O=C(Nc1cc(F)c(F)c(F)c1)N[C@H]1c2ccccc2C[C@H]1O. The van der Waals surface area contributed by atoms with Gasteiger partial charge in [-0.1, -0.05) is 24.3 Å². The molecule has 0 radical (unpaired) electrons. The molecule has 7 heteroatoms. The first-order chi connectivity index (χ1) is 11.0. The van der Waals surface area contributed by atoms with Gasteiger partial charge in [0.25, 0.3) is 0 Å². The minimum absolute atomic E-state index is 0.223. The maximum atomic E-state index is 13.1. The zero-order chi connectivity index (χ0) is 16.6. The van der Waals surface area contributed by atoms with Crippen LogP contribution in [0.5, 0.6) is 0 Å². The third-order valence-corrected chi connectivity index (χ3v) is 3.73. The predicted octanol–water partition coefficient (Wildman–Crippen LogP) is 2.88. The van der Waals surface area contributed by atoms with E-state index in [0.717, 1.165) is 11.1 Å². The van der Waals surface area contributed by atoms with Gasteiger partial charge in [0.2, 0.25) is 0 Å². The summed E-state index contributed by atoms with van der Waals surface area (Å²) in [5.41, 5.74) is 1.48. The average molecular weight is 322 g/mol. The molecule has 23 heavy (non-hydrogen) atoms. The summed E-state index contributed by atoms with van der Waals surface area (Å²) in [7, 11) is 0. The lowest BCUT2D eigenvalue weighted by molar-refractivity contribution is 0.144. The molecule has 0 saturated heterocycles. The van der Waals surface area contributed by atoms with Crippen molar-refractivity contribution in [2.75, 3.05) is 5.32 Å². The van der Waals surface area contributed by atoms with Crippen LogP contribution >= 0.6 is 0 Å². The van der Waals surface area contributed by atoms with Gasteiger partial charge in [0.05, 0.1) is 12.1 Å². The molecule has 2 amide bonds. The molecule has 120 valence electrons. The van der Waals surface area contributed by atoms with E-state index in [0.29, 0.717) is 18.6 Å². The van der Waals surface area contributed by atoms with E-state index in [1.807, 2.05) is 12.1 Å². The van der Waals surface area contributed by atoms with Crippen LogP contribution in [0.25, 0.3) is 0 Å². The van der Waals surface area contributed by atoms with E-state index in [-0.39, 0.29) is 5.69 Å². The molecular formula is C16H13F3N2O2. The van der Waals surface area contributed by atoms with Crippen molar-refractivity contribution in [1.29, 1.82) is 0 Å². The molecule has 0 aliphatic heterocycles. The lowest BCUT2D eigenvalue weighted by atomic mass is 10.1. The summed E-state index contributed by atoms with van der Waals surface area (Å²) in [5.74, 6) is -4.39. The fraction of sp³-hybridized carbons (Fsp3) is 0.188. The summed E-state index contributed by atoms with van der Waals surface area (Å²) in [4.78, 5) is 12.0. The molecule has 0 heterocycles. The third-order valence-electron chi connectivity index (χ3n) is 3.73. The number of amides is 2. The van der Waals surface area contributed by atoms with Crippen LogP contribution in [0, 0.1) is 17.5 Å². The van der Waals surface area contributed by atoms with Gasteiger partial charge in [0.15, 0.2) is 17.5 Å². The summed E-state index contributed by atoms with van der Waals surface area (Å²) in [6.07, 6.45) is -0.388. The van der Waals surface area contributed by atoms with Gasteiger partial charge in [-0.2, -0.15) is 0 Å². The summed E-state index contributed by atoms with van der Waals surface area (Å²) < 4.78 is 39.1. The summed E-state index contributed by atoms with van der Waals surface area (Å²) in [5, 5.41) is 14.8. The van der Waals surface area contributed by atoms with Crippen molar-refractivity contribution >= 4 is 11.7 Å². The predicted molar refractivity (Wildman–Crippen MR) is 77.4 cm³/mol. The number of nitrogens with one attached hydrogen (secondary N) is 2. The molecule has 0 spiro atoms. The number of halogens is 3. The molecule has 2 atom stereocenters. The van der Waals surface area contributed by atoms with Crippen LogP contribution < -0.4 is 10.6 Å². The van der Waals surface area contributed by atoms with E-state index < -0.39 is 35.6 Å². The Kier molecular flexibility index (Phi) is 3.96. The molecule has 2 aromatic rings. The van der Waals surface area contributed by atoms with Crippen LogP contribution in [0.2, 0.25) is 0 Å². The summed E-state index contributed by atoms with van der Waals surface area (Å²) >= 11 is 0. The molecule has 0 unspecified atom stereocenters. The molecule has 0 bridgehead atoms. The monoisotopic (exact) mass is 322 g/mol. The van der Waals surface area contributed by atoms with Crippen LogP contribution in [0.3, 0.4) is 0 Å². The van der Waals surface area contributed by atoms with E-state index >= 15 is 0 Å².